The van der Waals surface area contributed by atoms with Gasteiger partial charge in [0.1, 0.15) is 11.6 Å². The van der Waals surface area contributed by atoms with E-state index in [1.807, 2.05) is 55.5 Å². The fraction of sp³-hybridized carbons (Fsp3) is 0.286. The number of anilines is 1. The number of carbonyl (C=O) groups excluding carboxylic acids is 1. The van der Waals surface area contributed by atoms with Gasteiger partial charge in [-0.05, 0) is 55.8 Å². The summed E-state index contributed by atoms with van der Waals surface area (Å²) in [4.78, 5) is 19.1. The van der Waals surface area contributed by atoms with E-state index in [2.05, 4.69) is 4.57 Å². The number of amides is 1. The van der Waals surface area contributed by atoms with E-state index < -0.39 is 11.7 Å². The maximum Gasteiger partial charge on any atom is 0.416 e. The molecule has 1 atom stereocenters. The summed E-state index contributed by atoms with van der Waals surface area (Å²) in [5.41, 5.74) is 2.45. The Morgan fingerprint density at radius 1 is 1.03 bits per heavy atom. The molecular formula is C28H26F3N3O2. The number of carbonyl (C=O) groups is 1. The molecule has 186 valence electrons. The molecule has 3 aromatic carbocycles. The van der Waals surface area contributed by atoms with Crippen LogP contribution in [-0.2, 0) is 17.5 Å². The number of rotatable bonds is 7. The minimum absolute atomic E-state index is 0.194. The van der Waals surface area contributed by atoms with E-state index >= 15 is 0 Å². The van der Waals surface area contributed by atoms with Gasteiger partial charge in [0.25, 0.3) is 0 Å². The molecule has 0 bridgehead atoms. The number of para-hydroxylation sites is 2. The third-order valence-electron chi connectivity index (χ3n) is 6.48. The normalized spacial score (nSPS) is 16.2. The zero-order chi connectivity index (χ0) is 25.3. The van der Waals surface area contributed by atoms with Gasteiger partial charge in [-0.15, -0.1) is 0 Å². The van der Waals surface area contributed by atoms with Gasteiger partial charge >= 0.3 is 6.18 Å². The lowest BCUT2D eigenvalue weighted by atomic mass is 10.1. The lowest BCUT2D eigenvalue weighted by Gasteiger charge is -2.19. The number of nitrogens with zero attached hydrogens (tertiary/aromatic N) is 3. The molecule has 1 aromatic heterocycles. The molecule has 2 heterocycles. The molecule has 0 spiro atoms. The standard InChI is InChI=1S/C28H26F3N3O2/c1-19-10-12-23(13-11-19)36-15-5-14-33-25-9-3-2-8-24(25)32-27(33)20-16-26(35)34(18-20)22-7-4-6-21(17-22)28(29,30)31/h2-4,6-13,17,20H,5,14-16,18H2,1H3. The molecule has 1 fully saturated rings. The van der Waals surface area contributed by atoms with Crippen molar-refractivity contribution in [2.75, 3.05) is 18.1 Å². The highest BCUT2D eigenvalue weighted by Crippen LogP contribution is 2.36. The zero-order valence-corrected chi connectivity index (χ0v) is 19.8. The fourth-order valence-electron chi connectivity index (χ4n) is 4.67. The Morgan fingerprint density at radius 2 is 1.81 bits per heavy atom. The monoisotopic (exact) mass is 493 g/mol. The first kappa shape index (κ1) is 23.9. The van der Waals surface area contributed by atoms with Crippen LogP contribution in [0.5, 0.6) is 5.75 Å². The molecule has 0 saturated carbocycles. The largest absolute Gasteiger partial charge is 0.494 e. The van der Waals surface area contributed by atoms with Crippen LogP contribution in [0, 0.1) is 6.92 Å². The molecule has 36 heavy (non-hydrogen) atoms. The lowest BCUT2D eigenvalue weighted by Crippen LogP contribution is -2.25. The maximum atomic E-state index is 13.2. The zero-order valence-electron chi connectivity index (χ0n) is 19.8. The van der Waals surface area contributed by atoms with Gasteiger partial charge < -0.3 is 14.2 Å². The molecule has 1 aliphatic rings. The summed E-state index contributed by atoms with van der Waals surface area (Å²) in [5.74, 6) is 1.15. The van der Waals surface area contributed by atoms with Crippen molar-refractivity contribution in [2.45, 2.75) is 38.4 Å². The summed E-state index contributed by atoms with van der Waals surface area (Å²) >= 11 is 0. The number of alkyl halides is 3. The van der Waals surface area contributed by atoms with Crippen LogP contribution in [0.1, 0.15) is 35.7 Å². The van der Waals surface area contributed by atoms with Crippen molar-refractivity contribution < 1.29 is 22.7 Å². The van der Waals surface area contributed by atoms with E-state index in [9.17, 15) is 18.0 Å². The van der Waals surface area contributed by atoms with Crippen LogP contribution in [0.2, 0.25) is 0 Å². The van der Waals surface area contributed by atoms with E-state index in [4.69, 9.17) is 9.72 Å². The fourth-order valence-corrected chi connectivity index (χ4v) is 4.67. The quantitative estimate of drug-likeness (QED) is 0.282. The Labute approximate surface area is 207 Å². The predicted molar refractivity (Wildman–Crippen MR) is 132 cm³/mol. The van der Waals surface area contributed by atoms with Crippen LogP contribution < -0.4 is 9.64 Å². The van der Waals surface area contributed by atoms with Gasteiger partial charge in [0.2, 0.25) is 5.91 Å². The Hall–Kier alpha value is -3.81. The van der Waals surface area contributed by atoms with Crippen molar-refractivity contribution in [1.82, 2.24) is 9.55 Å². The van der Waals surface area contributed by atoms with Gasteiger partial charge in [0.15, 0.2) is 0 Å². The smallest absolute Gasteiger partial charge is 0.416 e. The van der Waals surface area contributed by atoms with Gasteiger partial charge in [-0.1, -0.05) is 35.9 Å². The second-order valence-corrected chi connectivity index (χ2v) is 9.08. The minimum Gasteiger partial charge on any atom is -0.494 e. The number of benzene rings is 3. The number of imidazole rings is 1. The summed E-state index contributed by atoms with van der Waals surface area (Å²) in [7, 11) is 0. The molecule has 0 radical (unpaired) electrons. The molecule has 1 saturated heterocycles. The molecule has 5 rings (SSSR count). The number of hydrogen-bond acceptors (Lipinski definition) is 3. The Kier molecular flexibility index (Phi) is 6.43. The van der Waals surface area contributed by atoms with Crippen LogP contribution in [0.25, 0.3) is 11.0 Å². The van der Waals surface area contributed by atoms with Crippen LogP contribution in [0.3, 0.4) is 0 Å². The minimum atomic E-state index is -4.47. The number of aromatic nitrogens is 2. The van der Waals surface area contributed by atoms with Gasteiger partial charge in [-0.25, -0.2) is 4.98 Å². The van der Waals surface area contributed by atoms with E-state index in [1.54, 1.807) is 6.07 Å². The van der Waals surface area contributed by atoms with Crippen molar-refractivity contribution in [1.29, 1.82) is 0 Å². The predicted octanol–water partition coefficient (Wildman–Crippen LogP) is 6.35. The van der Waals surface area contributed by atoms with E-state index in [0.29, 0.717) is 13.2 Å². The van der Waals surface area contributed by atoms with Crippen molar-refractivity contribution in [3.63, 3.8) is 0 Å². The molecule has 1 amide bonds. The van der Waals surface area contributed by atoms with E-state index in [0.717, 1.165) is 41.2 Å². The SMILES string of the molecule is Cc1ccc(OCCCn2c(C3CC(=O)N(c4cccc(C(F)(F)F)c4)C3)nc3ccccc32)cc1. The van der Waals surface area contributed by atoms with E-state index in [-0.39, 0.29) is 30.5 Å². The molecule has 1 aliphatic heterocycles. The molecule has 4 aromatic rings. The third-order valence-corrected chi connectivity index (χ3v) is 6.48. The highest BCUT2D eigenvalue weighted by atomic mass is 19.4. The molecule has 0 aliphatic carbocycles. The molecule has 0 N–H and O–H groups in total. The van der Waals surface area contributed by atoms with Gasteiger partial charge in [0, 0.05) is 31.1 Å². The lowest BCUT2D eigenvalue weighted by molar-refractivity contribution is -0.137. The number of halogens is 3. The van der Waals surface area contributed by atoms with Crippen molar-refractivity contribution in [3.05, 3.63) is 89.7 Å². The second kappa shape index (κ2) is 9.68. The van der Waals surface area contributed by atoms with Gasteiger partial charge in [0.05, 0.1) is 23.2 Å². The van der Waals surface area contributed by atoms with Crippen LogP contribution in [-0.4, -0.2) is 28.6 Å². The topological polar surface area (TPSA) is 47.4 Å². The van der Waals surface area contributed by atoms with Gasteiger partial charge in [-0.2, -0.15) is 13.2 Å². The summed E-state index contributed by atoms with van der Waals surface area (Å²) in [5, 5.41) is 0. The average molecular weight is 494 g/mol. The number of ether oxygens (including phenoxy) is 1. The first-order valence-corrected chi connectivity index (χ1v) is 11.9. The Bertz CT molecular complexity index is 1380. The first-order valence-electron chi connectivity index (χ1n) is 11.9. The molecule has 1 unspecified atom stereocenters. The summed E-state index contributed by atoms with van der Waals surface area (Å²) in [6.07, 6.45) is -3.54. The number of hydrogen-bond donors (Lipinski definition) is 0. The summed E-state index contributed by atoms with van der Waals surface area (Å²) in [6.45, 7) is 3.48. The third kappa shape index (κ3) is 4.94. The molecular weight excluding hydrogens is 467 g/mol. The van der Waals surface area contributed by atoms with Crippen molar-refractivity contribution in [2.24, 2.45) is 0 Å². The summed E-state index contributed by atoms with van der Waals surface area (Å²) < 4.78 is 47.6. The van der Waals surface area contributed by atoms with E-state index in [1.165, 1.54) is 16.5 Å². The summed E-state index contributed by atoms with van der Waals surface area (Å²) in [6, 6.07) is 20.6. The molecule has 8 heteroatoms. The van der Waals surface area contributed by atoms with Crippen LogP contribution >= 0.6 is 0 Å². The number of aryl methyl sites for hydroxylation is 2. The highest BCUT2D eigenvalue weighted by Gasteiger charge is 2.36. The maximum absolute atomic E-state index is 13.2. The molecule has 5 nitrogen and oxygen atoms in total. The Balaban J connectivity index is 1.35. The highest BCUT2D eigenvalue weighted by molar-refractivity contribution is 5.96. The van der Waals surface area contributed by atoms with Crippen molar-refractivity contribution >= 4 is 22.6 Å². The van der Waals surface area contributed by atoms with Crippen LogP contribution in [0.15, 0.2) is 72.8 Å². The van der Waals surface area contributed by atoms with Gasteiger partial charge in [-0.3, -0.25) is 4.79 Å². The Morgan fingerprint density at radius 3 is 2.58 bits per heavy atom. The first-order chi connectivity index (χ1) is 17.3. The van der Waals surface area contributed by atoms with Crippen LogP contribution in [0.4, 0.5) is 18.9 Å². The number of fused-ring (bicyclic) bond motifs is 1. The average Bonchev–Trinajstić information content (AvgIpc) is 3.43. The second-order valence-electron chi connectivity index (χ2n) is 9.08. The van der Waals surface area contributed by atoms with Crippen molar-refractivity contribution in [3.8, 4) is 5.75 Å².